The van der Waals surface area contributed by atoms with Crippen LogP contribution in [0.15, 0.2) is 30.3 Å². The first-order chi connectivity index (χ1) is 14.4. The van der Waals surface area contributed by atoms with Gasteiger partial charge in [0.15, 0.2) is 6.29 Å². The Morgan fingerprint density at radius 2 is 1.73 bits per heavy atom. The number of rotatable bonds is 11. The molecule has 0 aromatic heterocycles. The van der Waals surface area contributed by atoms with Crippen LogP contribution >= 0.6 is 0 Å². The zero-order valence-electron chi connectivity index (χ0n) is 18.5. The van der Waals surface area contributed by atoms with Crippen LogP contribution < -0.4 is 5.32 Å². The first-order valence-electron chi connectivity index (χ1n) is 10.7. The number of carbonyl (C=O) groups is 2. The number of benzene rings is 1. The van der Waals surface area contributed by atoms with Crippen LogP contribution in [0, 0.1) is 11.8 Å². The van der Waals surface area contributed by atoms with Crippen LogP contribution in [0.2, 0.25) is 0 Å². The second-order valence-electron chi connectivity index (χ2n) is 7.88. The van der Waals surface area contributed by atoms with E-state index in [9.17, 15) is 9.59 Å². The highest BCUT2D eigenvalue weighted by atomic mass is 16.7. The van der Waals surface area contributed by atoms with Gasteiger partial charge in [-0.25, -0.2) is 4.79 Å². The van der Waals surface area contributed by atoms with Crippen molar-refractivity contribution in [2.45, 2.75) is 58.5 Å². The van der Waals surface area contributed by atoms with Crippen LogP contribution in [0.25, 0.3) is 0 Å². The van der Waals surface area contributed by atoms with Crippen molar-refractivity contribution in [3.63, 3.8) is 0 Å². The average Bonchev–Trinajstić information content (AvgIpc) is 2.74. The molecule has 0 bridgehead atoms. The van der Waals surface area contributed by atoms with Crippen LogP contribution in [-0.4, -0.2) is 57.2 Å². The molecule has 1 N–H and O–H groups in total. The molecule has 5 atom stereocenters. The normalized spacial score (nSPS) is 26.2. The average molecular weight is 422 g/mol. The summed E-state index contributed by atoms with van der Waals surface area (Å²) in [5.41, 5.74) is 0.508. The van der Waals surface area contributed by atoms with Crippen LogP contribution in [0.5, 0.6) is 0 Å². The fourth-order valence-electron chi connectivity index (χ4n) is 3.60. The Kier molecular flexibility index (Phi) is 10.3. The minimum absolute atomic E-state index is 0.0759. The molecule has 7 heteroatoms. The fraction of sp³-hybridized carbons (Fsp3) is 0.652. The van der Waals surface area contributed by atoms with Gasteiger partial charge in [-0.05, 0) is 43.2 Å². The molecule has 1 aromatic rings. The van der Waals surface area contributed by atoms with Gasteiger partial charge in [0.05, 0.1) is 17.7 Å². The number of hydrogen-bond donors (Lipinski definition) is 1. The first-order valence-corrected chi connectivity index (χ1v) is 10.7. The smallest absolute Gasteiger partial charge is 0.338 e. The molecule has 0 aliphatic carbocycles. The summed E-state index contributed by atoms with van der Waals surface area (Å²) in [6.07, 6.45) is 1.97. The Morgan fingerprint density at radius 3 is 2.40 bits per heavy atom. The molecule has 1 fully saturated rings. The predicted molar refractivity (Wildman–Crippen MR) is 113 cm³/mol. The number of carbonyl (C=O) groups excluding carboxylic acids is 2. The van der Waals surface area contributed by atoms with Crippen molar-refractivity contribution in [3.8, 4) is 0 Å². The summed E-state index contributed by atoms with van der Waals surface area (Å²) in [5.74, 6) is -0.322. The largest absolute Gasteiger partial charge is 0.459 e. The Labute approximate surface area is 179 Å². The van der Waals surface area contributed by atoms with E-state index in [0.717, 1.165) is 25.9 Å². The molecular formula is C23H35NO6. The van der Waals surface area contributed by atoms with Gasteiger partial charge in [0.25, 0.3) is 0 Å². The van der Waals surface area contributed by atoms with Crippen molar-refractivity contribution in [1.82, 2.24) is 5.32 Å². The summed E-state index contributed by atoms with van der Waals surface area (Å²) >= 11 is 0. The number of esters is 1. The molecule has 2 unspecified atom stereocenters. The third-order valence-electron chi connectivity index (χ3n) is 5.62. The Balaban J connectivity index is 1.94. The van der Waals surface area contributed by atoms with Crippen LogP contribution in [0.1, 0.15) is 50.4 Å². The molecule has 1 saturated heterocycles. The van der Waals surface area contributed by atoms with Gasteiger partial charge >= 0.3 is 5.97 Å². The topological polar surface area (TPSA) is 83.1 Å². The number of hydrogen-bond acceptors (Lipinski definition) is 6. The lowest BCUT2D eigenvalue weighted by Gasteiger charge is -2.44. The van der Waals surface area contributed by atoms with Crippen LogP contribution in [-0.2, 0) is 23.7 Å². The third kappa shape index (κ3) is 7.38. The van der Waals surface area contributed by atoms with Crippen molar-refractivity contribution in [3.05, 3.63) is 35.9 Å². The van der Waals surface area contributed by atoms with E-state index in [1.807, 2.05) is 13.0 Å². The lowest BCUT2D eigenvalue weighted by Crippen LogP contribution is -2.58. The standard InChI is InChI=1S/C23H35NO6/c1-16-17(2)21(24-18(3)25)23(28-14-10-6-9-13-27-4)30-20(16)15-29-22(26)19-11-7-5-8-12-19/h5,7-8,11-12,16-17,20-21,23H,6,9-10,13-15H2,1-4H3,(H,24,25)/t16-,17+,20?,21?,23-/m1/s1. The zero-order valence-corrected chi connectivity index (χ0v) is 18.5. The molecule has 2 rings (SSSR count). The first kappa shape index (κ1) is 24.3. The Morgan fingerprint density at radius 1 is 1.03 bits per heavy atom. The van der Waals surface area contributed by atoms with Crippen LogP contribution in [0.4, 0.5) is 0 Å². The van der Waals surface area contributed by atoms with Crippen LogP contribution in [0.3, 0.4) is 0 Å². The van der Waals surface area contributed by atoms with E-state index in [2.05, 4.69) is 12.2 Å². The number of unbranched alkanes of at least 4 members (excludes halogenated alkanes) is 2. The number of ether oxygens (including phenoxy) is 4. The maximum Gasteiger partial charge on any atom is 0.338 e. The lowest BCUT2D eigenvalue weighted by molar-refractivity contribution is -0.242. The van der Waals surface area contributed by atoms with E-state index in [1.54, 1.807) is 31.4 Å². The monoisotopic (exact) mass is 421 g/mol. The summed E-state index contributed by atoms with van der Waals surface area (Å²) in [6, 6.07) is 8.64. The van der Waals surface area contributed by atoms with Gasteiger partial charge in [-0.3, -0.25) is 4.79 Å². The van der Waals surface area contributed by atoms with Crippen molar-refractivity contribution in [1.29, 1.82) is 0 Å². The van der Waals surface area contributed by atoms with E-state index in [4.69, 9.17) is 18.9 Å². The summed E-state index contributed by atoms with van der Waals surface area (Å²) in [6.45, 7) is 7.00. The van der Waals surface area contributed by atoms with Gasteiger partial charge in [0.1, 0.15) is 6.61 Å². The third-order valence-corrected chi connectivity index (χ3v) is 5.62. The van der Waals surface area contributed by atoms with E-state index in [-0.39, 0.29) is 42.5 Å². The summed E-state index contributed by atoms with van der Waals surface area (Å²) in [4.78, 5) is 24.0. The molecule has 1 amide bonds. The molecule has 1 aliphatic heterocycles. The molecule has 1 aliphatic rings. The molecule has 1 aromatic carbocycles. The number of methoxy groups -OCH3 is 1. The second-order valence-corrected chi connectivity index (χ2v) is 7.88. The summed E-state index contributed by atoms with van der Waals surface area (Å²) < 4.78 is 22.7. The molecule has 30 heavy (non-hydrogen) atoms. The molecule has 0 radical (unpaired) electrons. The van der Waals surface area contributed by atoms with Gasteiger partial charge in [0, 0.05) is 27.2 Å². The highest BCUT2D eigenvalue weighted by Gasteiger charge is 2.43. The molecule has 0 spiro atoms. The Hall–Kier alpha value is -1.96. The van der Waals surface area contributed by atoms with Gasteiger partial charge < -0.3 is 24.3 Å². The molecule has 1 heterocycles. The second kappa shape index (κ2) is 12.7. The number of amides is 1. The van der Waals surface area contributed by atoms with E-state index in [1.165, 1.54) is 6.92 Å². The van der Waals surface area contributed by atoms with Crippen molar-refractivity contribution >= 4 is 11.9 Å². The summed E-state index contributed by atoms with van der Waals surface area (Å²) in [7, 11) is 1.69. The van der Waals surface area contributed by atoms with Gasteiger partial charge in [0.2, 0.25) is 5.91 Å². The van der Waals surface area contributed by atoms with Crippen molar-refractivity contribution in [2.24, 2.45) is 11.8 Å². The van der Waals surface area contributed by atoms with E-state index in [0.29, 0.717) is 12.2 Å². The highest BCUT2D eigenvalue weighted by Crippen LogP contribution is 2.32. The predicted octanol–water partition coefficient (Wildman–Crippen LogP) is 3.18. The Bertz CT molecular complexity index is 652. The van der Waals surface area contributed by atoms with Gasteiger partial charge in [-0.2, -0.15) is 0 Å². The zero-order chi connectivity index (χ0) is 21.9. The minimum atomic E-state index is -0.581. The quantitative estimate of drug-likeness (QED) is 0.436. The van der Waals surface area contributed by atoms with E-state index >= 15 is 0 Å². The van der Waals surface area contributed by atoms with Gasteiger partial charge in [-0.15, -0.1) is 0 Å². The molecule has 168 valence electrons. The molecule has 7 nitrogen and oxygen atoms in total. The van der Waals surface area contributed by atoms with Crippen molar-refractivity contribution in [2.75, 3.05) is 26.9 Å². The van der Waals surface area contributed by atoms with Gasteiger partial charge in [-0.1, -0.05) is 32.0 Å². The SMILES string of the molecule is COCCCCCO[C@@H]1OC(COC(=O)c2ccccc2)[C@H](C)[C@H](C)C1NC(C)=O. The maximum absolute atomic E-state index is 12.3. The molecule has 0 saturated carbocycles. The van der Waals surface area contributed by atoms with Crippen molar-refractivity contribution < 1.29 is 28.5 Å². The maximum atomic E-state index is 12.3. The highest BCUT2D eigenvalue weighted by molar-refractivity contribution is 5.89. The van der Waals surface area contributed by atoms with E-state index < -0.39 is 6.29 Å². The lowest BCUT2D eigenvalue weighted by atomic mass is 9.82. The minimum Gasteiger partial charge on any atom is -0.459 e. The molecular weight excluding hydrogens is 386 g/mol. The fourth-order valence-corrected chi connectivity index (χ4v) is 3.60. The summed E-state index contributed by atoms with van der Waals surface area (Å²) in [5, 5.41) is 2.97. The number of nitrogens with one attached hydrogen (secondary N) is 1.